The monoisotopic (exact) mass is 394 g/mol. The van der Waals surface area contributed by atoms with Crippen LogP contribution < -0.4 is 5.32 Å². The lowest BCUT2D eigenvalue weighted by molar-refractivity contribution is 0.203. The fourth-order valence-electron chi connectivity index (χ4n) is 3.38. The molecule has 4 nitrogen and oxygen atoms in total. The Hall–Kier alpha value is -1.83. The van der Waals surface area contributed by atoms with Gasteiger partial charge in [0.2, 0.25) is 0 Å². The van der Waals surface area contributed by atoms with Crippen LogP contribution in [0.5, 0.6) is 0 Å². The average Bonchev–Trinajstić information content (AvgIpc) is 2.99. The zero-order valence-corrected chi connectivity index (χ0v) is 15.9. The molecule has 0 amide bonds. The van der Waals surface area contributed by atoms with Crippen LogP contribution in [0.1, 0.15) is 17.5 Å². The van der Waals surface area contributed by atoms with Gasteiger partial charge in [0.05, 0.1) is 11.5 Å². The highest BCUT2D eigenvalue weighted by Crippen LogP contribution is 2.20. The molecule has 0 bridgehead atoms. The Balaban J connectivity index is 1.58. The molecule has 1 N–H and O–H groups in total. The number of sulfone groups is 1. The molecule has 2 aromatic rings. The Kier molecular flexibility index (Phi) is 6.57. The van der Waals surface area contributed by atoms with Gasteiger partial charge >= 0.3 is 0 Å². The minimum Gasteiger partial charge on any atom is -0.311 e. The molecule has 1 atom stereocenters. The summed E-state index contributed by atoms with van der Waals surface area (Å²) < 4.78 is 50.1. The first-order valence-corrected chi connectivity index (χ1v) is 10.9. The Morgan fingerprint density at radius 3 is 2.48 bits per heavy atom. The molecule has 7 heteroatoms. The number of hydrogen-bond donors (Lipinski definition) is 1. The van der Waals surface area contributed by atoms with E-state index in [1.54, 1.807) is 18.2 Å². The van der Waals surface area contributed by atoms with Crippen molar-refractivity contribution in [3.8, 4) is 0 Å². The maximum Gasteiger partial charge on any atom is 0.151 e. The Morgan fingerprint density at radius 2 is 1.81 bits per heavy atom. The molecule has 1 aliphatic heterocycles. The van der Waals surface area contributed by atoms with Gasteiger partial charge in [-0.15, -0.1) is 0 Å². The second-order valence-electron chi connectivity index (χ2n) is 6.96. The summed E-state index contributed by atoms with van der Waals surface area (Å²) in [6.45, 7) is 2.42. The van der Waals surface area contributed by atoms with E-state index in [-0.39, 0.29) is 29.2 Å². The van der Waals surface area contributed by atoms with Crippen molar-refractivity contribution in [2.24, 2.45) is 0 Å². The van der Waals surface area contributed by atoms with Crippen molar-refractivity contribution in [2.75, 3.05) is 24.6 Å². The number of rotatable bonds is 8. The molecule has 3 rings (SSSR count). The summed E-state index contributed by atoms with van der Waals surface area (Å²) in [5.74, 6) is -0.166. The van der Waals surface area contributed by atoms with E-state index in [9.17, 15) is 17.2 Å². The van der Waals surface area contributed by atoms with Crippen LogP contribution in [0, 0.1) is 11.6 Å². The van der Waals surface area contributed by atoms with Gasteiger partial charge in [0.1, 0.15) is 11.6 Å². The highest BCUT2D eigenvalue weighted by Gasteiger charge is 2.32. The van der Waals surface area contributed by atoms with E-state index in [2.05, 4.69) is 10.2 Å². The second kappa shape index (κ2) is 8.91. The van der Waals surface area contributed by atoms with Gasteiger partial charge in [-0.25, -0.2) is 17.2 Å². The first-order chi connectivity index (χ1) is 12.9. The van der Waals surface area contributed by atoms with Crippen LogP contribution in [0.4, 0.5) is 8.78 Å². The lowest BCUT2D eigenvalue weighted by atomic mass is 10.1. The maximum atomic E-state index is 13.2. The Labute approximate surface area is 159 Å². The van der Waals surface area contributed by atoms with Crippen LogP contribution in [-0.4, -0.2) is 44.0 Å². The van der Waals surface area contributed by atoms with Gasteiger partial charge < -0.3 is 5.32 Å². The van der Waals surface area contributed by atoms with Crippen molar-refractivity contribution in [1.82, 2.24) is 10.2 Å². The zero-order chi connectivity index (χ0) is 19.3. The predicted octanol–water partition coefficient (Wildman–Crippen LogP) is 2.74. The molecule has 0 aromatic heterocycles. The fraction of sp³-hybridized carbons (Fsp3) is 0.400. The largest absolute Gasteiger partial charge is 0.311 e. The number of nitrogens with zero attached hydrogens (tertiary/aromatic N) is 1. The van der Waals surface area contributed by atoms with Crippen molar-refractivity contribution in [3.63, 3.8) is 0 Å². The predicted molar refractivity (Wildman–Crippen MR) is 102 cm³/mol. The molecule has 146 valence electrons. The van der Waals surface area contributed by atoms with Gasteiger partial charge in [-0.3, -0.25) is 4.90 Å². The molecule has 0 unspecified atom stereocenters. The summed E-state index contributed by atoms with van der Waals surface area (Å²) in [6, 6.07) is 12.7. The van der Waals surface area contributed by atoms with Crippen LogP contribution >= 0.6 is 0 Å². The Bertz CT molecular complexity index is 857. The van der Waals surface area contributed by atoms with Gasteiger partial charge in [-0.1, -0.05) is 24.3 Å². The third-order valence-corrected chi connectivity index (χ3v) is 6.57. The average molecular weight is 394 g/mol. The first kappa shape index (κ1) is 19.9. The molecular formula is C20H24F2N2O2S. The standard InChI is InChI=1S/C20H24F2N2O2S/c21-18-6-4-16(5-7-18)14-24(20-8-11-27(25,26)15-20)10-9-23-13-17-2-1-3-19(22)12-17/h1-7,12,20,23H,8-11,13-15H2/t20-/m1/s1. The number of nitrogens with one attached hydrogen (secondary N) is 1. The van der Waals surface area contributed by atoms with Crippen LogP contribution in [0.2, 0.25) is 0 Å². The topological polar surface area (TPSA) is 49.4 Å². The number of halogens is 2. The summed E-state index contributed by atoms with van der Waals surface area (Å²) in [5, 5.41) is 3.28. The van der Waals surface area contributed by atoms with E-state index >= 15 is 0 Å². The van der Waals surface area contributed by atoms with Gasteiger partial charge in [0.25, 0.3) is 0 Å². The van der Waals surface area contributed by atoms with Crippen LogP contribution in [0.25, 0.3) is 0 Å². The maximum absolute atomic E-state index is 13.2. The molecule has 0 radical (unpaired) electrons. The quantitative estimate of drug-likeness (QED) is 0.700. The normalized spacial score (nSPS) is 18.9. The SMILES string of the molecule is O=S1(=O)CC[C@@H](N(CCNCc2cccc(F)c2)Cc2ccc(F)cc2)C1. The summed E-state index contributed by atoms with van der Waals surface area (Å²) in [7, 11) is -2.98. The molecular weight excluding hydrogens is 370 g/mol. The molecule has 1 heterocycles. The van der Waals surface area contributed by atoms with Crippen molar-refractivity contribution < 1.29 is 17.2 Å². The molecule has 1 aliphatic rings. The summed E-state index contributed by atoms with van der Waals surface area (Å²) >= 11 is 0. The first-order valence-electron chi connectivity index (χ1n) is 9.05. The molecule has 0 aliphatic carbocycles. The van der Waals surface area contributed by atoms with Gasteiger partial charge in [0, 0.05) is 32.2 Å². The molecule has 27 heavy (non-hydrogen) atoms. The minimum absolute atomic E-state index is 0.0315. The number of benzene rings is 2. The minimum atomic E-state index is -2.98. The molecule has 1 saturated heterocycles. The van der Waals surface area contributed by atoms with E-state index in [1.807, 2.05) is 6.07 Å². The van der Waals surface area contributed by atoms with Crippen molar-refractivity contribution >= 4 is 9.84 Å². The third kappa shape index (κ3) is 6.09. The number of hydrogen-bond acceptors (Lipinski definition) is 4. The third-order valence-electron chi connectivity index (χ3n) is 4.82. The lowest BCUT2D eigenvalue weighted by Gasteiger charge is -2.28. The van der Waals surface area contributed by atoms with E-state index < -0.39 is 9.84 Å². The van der Waals surface area contributed by atoms with E-state index in [0.29, 0.717) is 32.6 Å². The van der Waals surface area contributed by atoms with Crippen molar-refractivity contribution in [3.05, 3.63) is 71.3 Å². The van der Waals surface area contributed by atoms with Gasteiger partial charge in [-0.2, -0.15) is 0 Å². The van der Waals surface area contributed by atoms with Crippen molar-refractivity contribution in [1.29, 1.82) is 0 Å². The van der Waals surface area contributed by atoms with Crippen molar-refractivity contribution in [2.45, 2.75) is 25.6 Å². The van der Waals surface area contributed by atoms with Crippen LogP contribution in [-0.2, 0) is 22.9 Å². The van der Waals surface area contributed by atoms with E-state index in [0.717, 1.165) is 11.1 Å². The summed E-state index contributed by atoms with van der Waals surface area (Å²) in [5.41, 5.74) is 1.81. The molecule has 0 saturated carbocycles. The van der Waals surface area contributed by atoms with Crippen LogP contribution in [0.3, 0.4) is 0 Å². The van der Waals surface area contributed by atoms with E-state index in [4.69, 9.17) is 0 Å². The van der Waals surface area contributed by atoms with Gasteiger partial charge in [0.15, 0.2) is 9.84 Å². The fourth-order valence-corrected chi connectivity index (χ4v) is 5.14. The highest BCUT2D eigenvalue weighted by molar-refractivity contribution is 7.91. The van der Waals surface area contributed by atoms with Crippen LogP contribution in [0.15, 0.2) is 48.5 Å². The molecule has 1 fully saturated rings. The Morgan fingerprint density at radius 1 is 1.04 bits per heavy atom. The highest BCUT2D eigenvalue weighted by atomic mass is 32.2. The summed E-state index contributed by atoms with van der Waals surface area (Å²) in [4.78, 5) is 2.14. The second-order valence-corrected chi connectivity index (χ2v) is 9.19. The van der Waals surface area contributed by atoms with Gasteiger partial charge in [-0.05, 0) is 41.8 Å². The van der Waals surface area contributed by atoms with E-state index in [1.165, 1.54) is 24.3 Å². The molecule has 2 aromatic carbocycles. The summed E-state index contributed by atoms with van der Waals surface area (Å²) in [6.07, 6.45) is 0.618. The zero-order valence-electron chi connectivity index (χ0n) is 15.1. The lowest BCUT2D eigenvalue weighted by Crippen LogP contribution is -2.40. The molecule has 0 spiro atoms. The smallest absolute Gasteiger partial charge is 0.151 e.